The summed E-state index contributed by atoms with van der Waals surface area (Å²) >= 11 is 1.69. The molecule has 0 unspecified atom stereocenters. The Bertz CT molecular complexity index is 1120. The normalized spacial score (nSPS) is 19.0. The Morgan fingerprint density at radius 3 is 2.97 bits per heavy atom. The average molecular weight is 412 g/mol. The van der Waals surface area contributed by atoms with Crippen molar-refractivity contribution >= 4 is 21.6 Å². The maximum atomic E-state index is 12.8. The highest BCUT2D eigenvalue weighted by atomic mass is 32.1. The largest absolute Gasteiger partial charge is 0.497 e. The van der Waals surface area contributed by atoms with E-state index in [0.717, 1.165) is 71.8 Å². The third-order valence-corrected chi connectivity index (χ3v) is 7.32. The molecule has 1 saturated heterocycles. The summed E-state index contributed by atoms with van der Waals surface area (Å²) < 4.78 is 11.0. The molecule has 3 aromatic rings. The number of H-pyrrole nitrogens is 1. The molecule has 1 atom stereocenters. The van der Waals surface area contributed by atoms with Crippen molar-refractivity contribution in [3.05, 3.63) is 50.4 Å². The van der Waals surface area contributed by atoms with Crippen LogP contribution >= 0.6 is 11.3 Å². The quantitative estimate of drug-likeness (QED) is 0.691. The molecule has 0 bridgehead atoms. The van der Waals surface area contributed by atoms with Crippen molar-refractivity contribution in [3.63, 3.8) is 0 Å². The van der Waals surface area contributed by atoms with E-state index in [9.17, 15) is 4.79 Å². The van der Waals surface area contributed by atoms with Crippen LogP contribution in [-0.4, -0.2) is 35.6 Å². The number of likely N-dealkylation sites (tertiary alicyclic amines) is 1. The summed E-state index contributed by atoms with van der Waals surface area (Å²) in [5.74, 6) is 2.44. The van der Waals surface area contributed by atoms with Gasteiger partial charge in [-0.05, 0) is 62.4 Å². The van der Waals surface area contributed by atoms with E-state index < -0.39 is 0 Å². The van der Waals surface area contributed by atoms with Crippen LogP contribution in [0.25, 0.3) is 10.2 Å². The summed E-state index contributed by atoms with van der Waals surface area (Å²) in [5.41, 5.74) is 2.37. The van der Waals surface area contributed by atoms with Gasteiger partial charge in [0.25, 0.3) is 5.56 Å². The Morgan fingerprint density at radius 2 is 2.14 bits per heavy atom. The highest BCUT2D eigenvalue weighted by Gasteiger charge is 2.30. The Labute approximate surface area is 173 Å². The van der Waals surface area contributed by atoms with Gasteiger partial charge in [-0.15, -0.1) is 11.3 Å². The van der Waals surface area contributed by atoms with Gasteiger partial charge in [0.15, 0.2) is 0 Å². The van der Waals surface area contributed by atoms with Gasteiger partial charge in [0, 0.05) is 16.5 Å². The molecule has 7 heteroatoms. The third-order valence-electron chi connectivity index (χ3n) is 6.14. The number of hydrogen-bond acceptors (Lipinski definition) is 6. The molecule has 2 aliphatic rings. The van der Waals surface area contributed by atoms with Crippen molar-refractivity contribution in [1.29, 1.82) is 0 Å². The number of aromatic nitrogens is 2. The minimum Gasteiger partial charge on any atom is -0.497 e. The van der Waals surface area contributed by atoms with E-state index in [2.05, 4.69) is 16.0 Å². The van der Waals surface area contributed by atoms with Crippen LogP contribution in [0.2, 0.25) is 0 Å². The topological polar surface area (TPSA) is 67.5 Å². The predicted molar refractivity (Wildman–Crippen MR) is 114 cm³/mol. The number of aromatic amines is 1. The van der Waals surface area contributed by atoms with E-state index in [1.807, 2.05) is 12.1 Å². The van der Waals surface area contributed by atoms with E-state index in [1.54, 1.807) is 25.6 Å². The fraction of sp³-hybridized carbons (Fsp3) is 0.455. The molecular weight excluding hydrogens is 386 g/mol. The zero-order valence-corrected chi connectivity index (χ0v) is 17.6. The maximum Gasteiger partial charge on any atom is 0.259 e. The number of ether oxygens (including phenoxy) is 2. The molecule has 6 nitrogen and oxygen atoms in total. The van der Waals surface area contributed by atoms with Crippen molar-refractivity contribution in [1.82, 2.24) is 14.9 Å². The van der Waals surface area contributed by atoms with Crippen LogP contribution in [0.4, 0.5) is 0 Å². The van der Waals surface area contributed by atoms with Gasteiger partial charge in [0.1, 0.15) is 22.2 Å². The number of methoxy groups -OCH3 is 2. The fourth-order valence-electron chi connectivity index (χ4n) is 4.78. The van der Waals surface area contributed by atoms with Gasteiger partial charge in [-0.3, -0.25) is 9.69 Å². The summed E-state index contributed by atoms with van der Waals surface area (Å²) in [6, 6.07) is 6.16. The summed E-state index contributed by atoms with van der Waals surface area (Å²) in [4.78, 5) is 25.3. The van der Waals surface area contributed by atoms with E-state index in [4.69, 9.17) is 14.5 Å². The second-order valence-electron chi connectivity index (χ2n) is 7.79. The number of fused-ring (bicyclic) bond motifs is 3. The molecule has 5 rings (SSSR count). The van der Waals surface area contributed by atoms with E-state index in [0.29, 0.717) is 6.54 Å². The van der Waals surface area contributed by atoms with Gasteiger partial charge in [-0.1, -0.05) is 0 Å². The highest BCUT2D eigenvalue weighted by Crippen LogP contribution is 2.40. The third kappa shape index (κ3) is 3.22. The molecule has 0 amide bonds. The first kappa shape index (κ1) is 18.6. The lowest BCUT2D eigenvalue weighted by molar-refractivity contribution is 0.236. The molecule has 152 valence electrons. The van der Waals surface area contributed by atoms with Crippen molar-refractivity contribution in [3.8, 4) is 11.5 Å². The van der Waals surface area contributed by atoms with Crippen LogP contribution in [0, 0.1) is 0 Å². The zero-order chi connectivity index (χ0) is 20.0. The van der Waals surface area contributed by atoms with Gasteiger partial charge in [0.05, 0.1) is 26.2 Å². The Morgan fingerprint density at radius 1 is 1.24 bits per heavy atom. The summed E-state index contributed by atoms with van der Waals surface area (Å²) in [6.45, 7) is 1.59. The Kier molecular flexibility index (Phi) is 4.80. The molecule has 29 heavy (non-hydrogen) atoms. The maximum absolute atomic E-state index is 12.8. The van der Waals surface area contributed by atoms with Gasteiger partial charge < -0.3 is 14.5 Å². The molecule has 0 spiro atoms. The molecule has 0 radical (unpaired) electrons. The minimum atomic E-state index is 0.0131. The SMILES string of the molecule is COc1ccc(OC)c([C@@H]2CCCN2Cc2nc3sc4c(c3c(=O)[nH]2)CCC4)c1. The first-order valence-electron chi connectivity index (χ1n) is 10.2. The second-order valence-corrected chi connectivity index (χ2v) is 8.87. The minimum absolute atomic E-state index is 0.0131. The molecular formula is C22H25N3O3S. The van der Waals surface area contributed by atoms with Crippen LogP contribution < -0.4 is 15.0 Å². The van der Waals surface area contributed by atoms with Gasteiger partial charge >= 0.3 is 0 Å². The molecule has 1 N–H and O–H groups in total. The van der Waals surface area contributed by atoms with Gasteiger partial charge in [-0.25, -0.2) is 4.98 Å². The number of nitrogens with one attached hydrogen (secondary N) is 1. The molecule has 1 aromatic carbocycles. The Balaban J connectivity index is 1.47. The van der Waals surface area contributed by atoms with Crippen LogP contribution in [-0.2, 0) is 19.4 Å². The summed E-state index contributed by atoms with van der Waals surface area (Å²) in [6.07, 6.45) is 5.38. The van der Waals surface area contributed by atoms with Crippen LogP contribution in [0.5, 0.6) is 11.5 Å². The smallest absolute Gasteiger partial charge is 0.259 e. The predicted octanol–water partition coefficient (Wildman–Crippen LogP) is 3.83. The van der Waals surface area contributed by atoms with E-state index >= 15 is 0 Å². The van der Waals surface area contributed by atoms with Crippen LogP contribution in [0.3, 0.4) is 0 Å². The molecule has 1 aliphatic heterocycles. The fourth-order valence-corrected chi connectivity index (χ4v) is 6.06. The molecule has 0 saturated carbocycles. The van der Waals surface area contributed by atoms with Gasteiger partial charge in [-0.2, -0.15) is 0 Å². The van der Waals surface area contributed by atoms with Crippen molar-refractivity contribution in [2.24, 2.45) is 0 Å². The van der Waals surface area contributed by atoms with Crippen molar-refractivity contribution in [2.45, 2.75) is 44.7 Å². The molecule has 1 fully saturated rings. The monoisotopic (exact) mass is 411 g/mol. The Hall–Kier alpha value is -2.38. The van der Waals surface area contributed by atoms with Crippen molar-refractivity contribution < 1.29 is 9.47 Å². The highest BCUT2D eigenvalue weighted by molar-refractivity contribution is 7.18. The van der Waals surface area contributed by atoms with Gasteiger partial charge in [0.2, 0.25) is 0 Å². The molecule has 1 aliphatic carbocycles. The first-order valence-corrected chi connectivity index (χ1v) is 11.0. The molecule has 3 heterocycles. The summed E-state index contributed by atoms with van der Waals surface area (Å²) in [7, 11) is 3.38. The number of thiophene rings is 1. The van der Waals surface area contributed by atoms with Crippen LogP contribution in [0.15, 0.2) is 23.0 Å². The lowest BCUT2D eigenvalue weighted by Crippen LogP contribution is -2.26. The van der Waals surface area contributed by atoms with E-state index in [1.165, 1.54) is 10.4 Å². The number of rotatable bonds is 5. The van der Waals surface area contributed by atoms with E-state index in [-0.39, 0.29) is 11.6 Å². The first-order chi connectivity index (χ1) is 14.2. The number of nitrogens with zero attached hydrogens (tertiary/aromatic N) is 2. The van der Waals surface area contributed by atoms with Crippen LogP contribution in [0.1, 0.15) is 47.1 Å². The second kappa shape index (κ2) is 7.46. The van der Waals surface area contributed by atoms with Crippen molar-refractivity contribution in [2.75, 3.05) is 20.8 Å². The zero-order valence-electron chi connectivity index (χ0n) is 16.8. The number of aryl methyl sites for hydroxylation is 2. The number of hydrogen-bond donors (Lipinski definition) is 1. The average Bonchev–Trinajstić information content (AvgIpc) is 3.43. The standard InChI is InChI=1S/C22H25N3O3S/c1-27-13-8-9-17(28-2)15(11-13)16-6-4-10-25(16)12-19-23-21(26)20-14-5-3-7-18(14)29-22(20)24-19/h8-9,11,16H,3-7,10,12H2,1-2H3,(H,23,24,26)/t16-/m0/s1. The molecule has 2 aromatic heterocycles. The summed E-state index contributed by atoms with van der Waals surface area (Å²) in [5, 5.41) is 0.818. The number of benzene rings is 1. The lowest BCUT2D eigenvalue weighted by atomic mass is 10.0. The lowest BCUT2D eigenvalue weighted by Gasteiger charge is -2.26.